The van der Waals surface area contributed by atoms with Gasteiger partial charge in [-0.2, -0.15) is 9.97 Å². The zero-order valence-electron chi connectivity index (χ0n) is 13.9. The van der Waals surface area contributed by atoms with Crippen LogP contribution in [0.5, 0.6) is 0 Å². The molecule has 1 aromatic rings. The van der Waals surface area contributed by atoms with Crippen LogP contribution in [0.15, 0.2) is 0 Å². The number of nitrogens with zero attached hydrogens (tertiary/aromatic N) is 5. The van der Waals surface area contributed by atoms with Gasteiger partial charge in [-0.25, -0.2) is 0 Å². The third-order valence-electron chi connectivity index (χ3n) is 4.18. The van der Waals surface area contributed by atoms with Crippen LogP contribution in [0, 0.1) is 10.1 Å². The fraction of sp³-hybridized carbons (Fsp3) is 0.714. The van der Waals surface area contributed by atoms with E-state index in [-0.39, 0.29) is 17.5 Å². The maximum atomic E-state index is 11.4. The summed E-state index contributed by atoms with van der Waals surface area (Å²) in [5, 5.41) is 14.5. The molecule has 128 valence electrons. The zero-order valence-corrected chi connectivity index (χ0v) is 13.9. The number of anilines is 3. The van der Waals surface area contributed by atoms with E-state index in [0.717, 1.165) is 26.1 Å². The molecule has 2 heterocycles. The maximum Gasteiger partial charge on any atom is 0.353 e. The summed E-state index contributed by atoms with van der Waals surface area (Å²) in [6.45, 7) is 10.2. The number of nitrogen functional groups attached to an aromatic ring is 1. The highest BCUT2D eigenvalue weighted by Crippen LogP contribution is 2.32. The van der Waals surface area contributed by atoms with Crippen molar-refractivity contribution in [3.05, 3.63) is 10.1 Å². The second-order valence-electron chi connectivity index (χ2n) is 5.74. The number of hydrogen-bond donors (Lipinski definition) is 2. The van der Waals surface area contributed by atoms with Gasteiger partial charge in [0.25, 0.3) is 0 Å². The van der Waals surface area contributed by atoms with Crippen molar-refractivity contribution in [1.82, 2.24) is 14.9 Å². The van der Waals surface area contributed by atoms with Gasteiger partial charge in [0.15, 0.2) is 0 Å². The predicted molar refractivity (Wildman–Crippen MR) is 90.8 cm³/mol. The van der Waals surface area contributed by atoms with Crippen LogP contribution in [0.4, 0.5) is 23.3 Å². The minimum Gasteiger partial charge on any atom is -0.378 e. The first-order chi connectivity index (χ1) is 11.0. The smallest absolute Gasteiger partial charge is 0.353 e. The molecule has 2 rings (SSSR count). The lowest BCUT2D eigenvalue weighted by Gasteiger charge is -2.34. The van der Waals surface area contributed by atoms with E-state index in [2.05, 4.69) is 27.1 Å². The average Bonchev–Trinajstić information content (AvgIpc) is 2.53. The highest BCUT2D eigenvalue weighted by Gasteiger charge is 2.29. The summed E-state index contributed by atoms with van der Waals surface area (Å²) in [6.07, 6.45) is 0.894. The average molecular weight is 323 g/mol. The Kier molecular flexibility index (Phi) is 5.54. The summed E-state index contributed by atoms with van der Waals surface area (Å²) < 4.78 is 0. The van der Waals surface area contributed by atoms with Gasteiger partial charge in [0.2, 0.25) is 17.6 Å². The summed E-state index contributed by atoms with van der Waals surface area (Å²) in [5.74, 6) is 0.558. The number of likely N-dealkylation sites (N-methyl/N-ethyl adjacent to an activating group) is 1. The van der Waals surface area contributed by atoms with E-state index in [0.29, 0.717) is 24.9 Å². The van der Waals surface area contributed by atoms with Crippen LogP contribution >= 0.6 is 0 Å². The molecule has 23 heavy (non-hydrogen) atoms. The number of rotatable bonds is 6. The second-order valence-corrected chi connectivity index (χ2v) is 5.74. The molecule has 0 spiro atoms. The lowest BCUT2D eigenvalue weighted by Crippen LogP contribution is -2.46. The van der Waals surface area contributed by atoms with Crippen molar-refractivity contribution in [1.29, 1.82) is 0 Å². The van der Waals surface area contributed by atoms with Crippen LogP contribution in [-0.4, -0.2) is 58.6 Å². The van der Waals surface area contributed by atoms with Gasteiger partial charge in [-0.1, -0.05) is 13.8 Å². The number of nitro groups is 1. The van der Waals surface area contributed by atoms with Crippen molar-refractivity contribution in [2.75, 3.05) is 48.7 Å². The minimum atomic E-state index is -0.496. The largest absolute Gasteiger partial charge is 0.378 e. The normalized spacial score (nSPS) is 17.1. The van der Waals surface area contributed by atoms with Crippen LogP contribution in [0.2, 0.25) is 0 Å². The van der Waals surface area contributed by atoms with E-state index in [4.69, 9.17) is 5.73 Å². The summed E-state index contributed by atoms with van der Waals surface area (Å²) in [7, 11) is 0. The Balaban J connectivity index is 2.32. The molecule has 0 saturated carbocycles. The molecular formula is C14H25N7O2. The van der Waals surface area contributed by atoms with Gasteiger partial charge >= 0.3 is 5.69 Å². The Morgan fingerprint density at radius 1 is 1.30 bits per heavy atom. The molecule has 0 bridgehead atoms. The van der Waals surface area contributed by atoms with Crippen LogP contribution in [0.3, 0.4) is 0 Å². The molecule has 1 aromatic heterocycles. The van der Waals surface area contributed by atoms with Crippen LogP contribution in [0.1, 0.15) is 27.2 Å². The molecule has 3 N–H and O–H groups in total. The van der Waals surface area contributed by atoms with Gasteiger partial charge in [-0.3, -0.25) is 10.1 Å². The summed E-state index contributed by atoms with van der Waals surface area (Å²) in [4.78, 5) is 23.5. The van der Waals surface area contributed by atoms with E-state index in [9.17, 15) is 10.1 Å². The van der Waals surface area contributed by atoms with Gasteiger partial charge in [0, 0.05) is 32.2 Å². The maximum absolute atomic E-state index is 11.4. The van der Waals surface area contributed by atoms with Crippen molar-refractivity contribution in [2.24, 2.45) is 0 Å². The fourth-order valence-electron chi connectivity index (χ4n) is 2.52. The lowest BCUT2D eigenvalue weighted by molar-refractivity contribution is -0.383. The molecule has 0 radical (unpaired) electrons. The second kappa shape index (κ2) is 7.40. The number of piperazine rings is 1. The minimum absolute atomic E-state index is 0.0938. The molecule has 1 aliphatic heterocycles. The summed E-state index contributed by atoms with van der Waals surface area (Å²) >= 11 is 0. The van der Waals surface area contributed by atoms with E-state index in [1.807, 2.05) is 18.7 Å². The van der Waals surface area contributed by atoms with E-state index in [1.54, 1.807) is 0 Å². The van der Waals surface area contributed by atoms with Crippen LogP contribution in [0.25, 0.3) is 0 Å². The van der Waals surface area contributed by atoms with Crippen molar-refractivity contribution < 1.29 is 4.92 Å². The summed E-state index contributed by atoms with van der Waals surface area (Å²) in [5.41, 5.74) is 5.63. The third-order valence-corrected chi connectivity index (χ3v) is 4.18. The van der Waals surface area contributed by atoms with Crippen LogP contribution < -0.4 is 16.0 Å². The Hall–Kier alpha value is -2.16. The highest BCUT2D eigenvalue weighted by molar-refractivity contribution is 5.71. The fourth-order valence-corrected chi connectivity index (χ4v) is 2.52. The van der Waals surface area contributed by atoms with Crippen molar-refractivity contribution >= 4 is 23.3 Å². The predicted octanol–water partition coefficient (Wildman–Crippen LogP) is 1.32. The lowest BCUT2D eigenvalue weighted by atomic mass is 10.2. The van der Waals surface area contributed by atoms with E-state index in [1.165, 1.54) is 0 Å². The van der Waals surface area contributed by atoms with Crippen molar-refractivity contribution in [2.45, 2.75) is 33.2 Å². The van der Waals surface area contributed by atoms with Gasteiger partial charge in [0.05, 0.1) is 4.92 Å². The quantitative estimate of drug-likeness (QED) is 0.595. The molecule has 1 aliphatic rings. The first-order valence-electron chi connectivity index (χ1n) is 8.02. The number of nitrogens with two attached hydrogens (primary N) is 1. The highest BCUT2D eigenvalue weighted by atomic mass is 16.6. The molecule has 1 atom stereocenters. The molecule has 1 fully saturated rings. The zero-order chi connectivity index (χ0) is 17.0. The number of aromatic nitrogens is 2. The molecule has 0 aromatic carbocycles. The van der Waals surface area contributed by atoms with Gasteiger partial charge < -0.3 is 20.9 Å². The molecule has 1 saturated heterocycles. The Bertz CT molecular complexity index is 558. The third kappa shape index (κ3) is 3.98. The molecule has 0 amide bonds. The Labute approximate surface area is 136 Å². The van der Waals surface area contributed by atoms with Crippen molar-refractivity contribution in [3.63, 3.8) is 0 Å². The van der Waals surface area contributed by atoms with Gasteiger partial charge in [-0.05, 0) is 19.9 Å². The Morgan fingerprint density at radius 2 is 1.96 bits per heavy atom. The molecule has 9 heteroatoms. The van der Waals surface area contributed by atoms with E-state index < -0.39 is 4.92 Å². The molecule has 9 nitrogen and oxygen atoms in total. The monoisotopic (exact) mass is 323 g/mol. The summed E-state index contributed by atoms with van der Waals surface area (Å²) in [6, 6.07) is 0.167. The Morgan fingerprint density at radius 3 is 2.48 bits per heavy atom. The molecule has 1 unspecified atom stereocenters. The standard InChI is InChI=1S/C14H25N7O2/c1-4-10(3)16-14-17-12(15)11(21(22)23)13(18-14)20-8-6-19(5-2)7-9-20/h10H,4-9H2,1-3H3,(H3,15,16,17,18). The molecular weight excluding hydrogens is 298 g/mol. The first kappa shape index (κ1) is 17.2. The topological polar surface area (TPSA) is 113 Å². The van der Waals surface area contributed by atoms with Crippen LogP contribution in [-0.2, 0) is 0 Å². The first-order valence-corrected chi connectivity index (χ1v) is 8.02. The number of hydrogen-bond acceptors (Lipinski definition) is 8. The van der Waals surface area contributed by atoms with Gasteiger partial charge in [-0.15, -0.1) is 0 Å². The SMILES string of the molecule is CCC(C)Nc1nc(N)c([N+](=O)[O-])c(N2CCN(CC)CC2)n1. The van der Waals surface area contributed by atoms with Crippen molar-refractivity contribution in [3.8, 4) is 0 Å². The van der Waals surface area contributed by atoms with E-state index >= 15 is 0 Å². The number of nitrogens with one attached hydrogen (secondary N) is 1. The van der Waals surface area contributed by atoms with Gasteiger partial charge in [0.1, 0.15) is 0 Å². The molecule has 0 aliphatic carbocycles.